The van der Waals surface area contributed by atoms with Crippen molar-refractivity contribution in [1.82, 2.24) is 10.3 Å². The fourth-order valence-electron chi connectivity index (χ4n) is 2.10. The molecule has 0 aliphatic carbocycles. The van der Waals surface area contributed by atoms with E-state index in [0.717, 1.165) is 16.3 Å². The highest BCUT2D eigenvalue weighted by Gasteiger charge is 2.27. The molecule has 2 aromatic heterocycles. The molecule has 0 aromatic carbocycles. The molecule has 2 N–H and O–H groups in total. The van der Waals surface area contributed by atoms with Crippen molar-refractivity contribution >= 4 is 28.6 Å². The van der Waals surface area contributed by atoms with Crippen LogP contribution in [0, 0.1) is 0 Å². The van der Waals surface area contributed by atoms with Crippen LogP contribution in [0.25, 0.3) is 10.6 Å². The van der Waals surface area contributed by atoms with Gasteiger partial charge in [0.1, 0.15) is 5.01 Å². The molecule has 0 aliphatic rings. The second kappa shape index (κ2) is 7.15. The molecule has 0 saturated heterocycles. The summed E-state index contributed by atoms with van der Waals surface area (Å²) in [5.74, 6) is -0.0880. The van der Waals surface area contributed by atoms with Crippen molar-refractivity contribution in [2.24, 2.45) is 0 Å². The van der Waals surface area contributed by atoms with Gasteiger partial charge in [-0.15, -0.1) is 11.3 Å². The van der Waals surface area contributed by atoms with Crippen LogP contribution >= 0.6 is 22.7 Å². The van der Waals surface area contributed by atoms with Crippen LogP contribution < -0.4 is 5.32 Å². The monoisotopic (exact) mass is 324 g/mol. The molecule has 2 rings (SSSR count). The van der Waals surface area contributed by atoms with Crippen molar-refractivity contribution in [1.29, 1.82) is 0 Å². The van der Waals surface area contributed by atoms with Gasteiger partial charge in [-0.25, -0.2) is 4.98 Å². The molecule has 6 heteroatoms. The molecular weight excluding hydrogens is 304 g/mol. The van der Waals surface area contributed by atoms with E-state index in [1.165, 1.54) is 0 Å². The van der Waals surface area contributed by atoms with E-state index in [9.17, 15) is 9.90 Å². The number of aromatic nitrogens is 1. The molecule has 1 amide bonds. The van der Waals surface area contributed by atoms with Gasteiger partial charge in [-0.1, -0.05) is 13.8 Å². The molecule has 0 saturated carbocycles. The highest BCUT2D eigenvalue weighted by atomic mass is 32.1. The van der Waals surface area contributed by atoms with Crippen molar-refractivity contribution in [3.8, 4) is 10.6 Å². The first-order chi connectivity index (χ1) is 10.1. The summed E-state index contributed by atoms with van der Waals surface area (Å²) in [5.41, 5.74) is 1.37. The molecule has 4 nitrogen and oxygen atoms in total. The largest absolute Gasteiger partial charge is 0.394 e. The van der Waals surface area contributed by atoms with Crippen molar-refractivity contribution < 1.29 is 9.90 Å². The quantitative estimate of drug-likeness (QED) is 0.823. The standard InChI is InChI=1S/C15H20N2O2S2/c1-3-15(4-2,10-18)17-13(19)7-12-9-21-14(16-12)11-5-6-20-8-11/h5-6,8-9,18H,3-4,7,10H2,1-2H3,(H,17,19). The van der Waals surface area contributed by atoms with Gasteiger partial charge < -0.3 is 10.4 Å². The van der Waals surface area contributed by atoms with Crippen LogP contribution in [-0.4, -0.2) is 28.1 Å². The Balaban J connectivity index is 2.00. The second-order valence-electron chi connectivity index (χ2n) is 5.03. The number of thiazole rings is 1. The molecule has 0 fully saturated rings. The van der Waals surface area contributed by atoms with E-state index in [-0.39, 0.29) is 18.9 Å². The van der Waals surface area contributed by atoms with Crippen molar-refractivity contribution in [2.75, 3.05) is 6.61 Å². The SMILES string of the molecule is CCC(CC)(CO)NC(=O)Cc1csc(-c2ccsc2)n1. The molecule has 21 heavy (non-hydrogen) atoms. The van der Waals surface area contributed by atoms with Crippen LogP contribution in [0.3, 0.4) is 0 Å². The first-order valence-corrected chi connectivity index (χ1v) is 8.83. The lowest BCUT2D eigenvalue weighted by atomic mass is 9.93. The fraction of sp³-hybridized carbons (Fsp3) is 0.467. The third-order valence-electron chi connectivity index (χ3n) is 3.72. The highest BCUT2D eigenvalue weighted by molar-refractivity contribution is 7.14. The Kier molecular flexibility index (Phi) is 5.50. The van der Waals surface area contributed by atoms with E-state index in [0.29, 0.717) is 12.8 Å². The maximum Gasteiger partial charge on any atom is 0.226 e. The molecule has 2 aromatic rings. The minimum atomic E-state index is -0.511. The van der Waals surface area contributed by atoms with E-state index in [1.54, 1.807) is 22.7 Å². The minimum absolute atomic E-state index is 0.0387. The zero-order chi connectivity index (χ0) is 15.3. The van der Waals surface area contributed by atoms with Gasteiger partial charge in [0.15, 0.2) is 0 Å². The Morgan fingerprint density at radius 3 is 2.71 bits per heavy atom. The Labute approximate surface area is 132 Å². The molecule has 0 radical (unpaired) electrons. The summed E-state index contributed by atoms with van der Waals surface area (Å²) in [6, 6.07) is 2.03. The van der Waals surface area contributed by atoms with Crippen LogP contribution in [0.5, 0.6) is 0 Å². The number of hydrogen-bond acceptors (Lipinski definition) is 5. The number of thiophene rings is 1. The molecule has 0 spiro atoms. The summed E-state index contributed by atoms with van der Waals surface area (Å²) in [5, 5.41) is 19.4. The fourth-order valence-corrected chi connectivity index (χ4v) is 3.63. The highest BCUT2D eigenvalue weighted by Crippen LogP contribution is 2.26. The van der Waals surface area contributed by atoms with Crippen LogP contribution in [0.2, 0.25) is 0 Å². The Morgan fingerprint density at radius 2 is 2.14 bits per heavy atom. The number of nitrogens with one attached hydrogen (secondary N) is 1. The van der Waals surface area contributed by atoms with Gasteiger partial charge in [0, 0.05) is 16.3 Å². The number of carbonyl (C=O) groups is 1. The number of amides is 1. The lowest BCUT2D eigenvalue weighted by Crippen LogP contribution is -2.51. The topological polar surface area (TPSA) is 62.2 Å². The minimum Gasteiger partial charge on any atom is -0.394 e. The normalized spacial score (nSPS) is 11.6. The third kappa shape index (κ3) is 3.90. The summed E-state index contributed by atoms with van der Waals surface area (Å²) in [6.45, 7) is 3.90. The summed E-state index contributed by atoms with van der Waals surface area (Å²) in [4.78, 5) is 16.6. The molecule has 114 valence electrons. The van der Waals surface area contributed by atoms with Crippen molar-refractivity contribution in [3.63, 3.8) is 0 Å². The molecule has 0 atom stereocenters. The summed E-state index contributed by atoms with van der Waals surface area (Å²) in [6.07, 6.45) is 1.67. The van der Waals surface area contributed by atoms with Gasteiger partial charge in [0.05, 0.1) is 24.3 Å². The summed E-state index contributed by atoms with van der Waals surface area (Å²) >= 11 is 3.18. The third-order valence-corrected chi connectivity index (χ3v) is 5.35. The molecule has 0 unspecified atom stereocenters. The number of aliphatic hydroxyl groups excluding tert-OH is 1. The maximum atomic E-state index is 12.1. The number of aliphatic hydroxyl groups is 1. The van der Waals surface area contributed by atoms with Gasteiger partial charge in [-0.05, 0) is 24.3 Å². The summed E-state index contributed by atoms with van der Waals surface area (Å²) < 4.78 is 0. The predicted octanol–water partition coefficient (Wildman–Crippen LogP) is 3.08. The zero-order valence-electron chi connectivity index (χ0n) is 12.3. The van der Waals surface area contributed by atoms with E-state index >= 15 is 0 Å². The maximum absolute atomic E-state index is 12.1. The van der Waals surface area contributed by atoms with Crippen LogP contribution in [-0.2, 0) is 11.2 Å². The zero-order valence-corrected chi connectivity index (χ0v) is 13.9. The van der Waals surface area contributed by atoms with E-state index in [2.05, 4.69) is 10.3 Å². The second-order valence-corrected chi connectivity index (χ2v) is 6.66. The number of hydrogen-bond donors (Lipinski definition) is 2. The lowest BCUT2D eigenvalue weighted by molar-refractivity contribution is -0.123. The first-order valence-electron chi connectivity index (χ1n) is 7.01. The van der Waals surface area contributed by atoms with Gasteiger partial charge in [-0.2, -0.15) is 11.3 Å². The number of carbonyl (C=O) groups excluding carboxylic acids is 1. The molecular formula is C15H20N2O2S2. The Hall–Kier alpha value is -1.24. The smallest absolute Gasteiger partial charge is 0.226 e. The number of rotatable bonds is 7. The molecule has 0 bridgehead atoms. The lowest BCUT2D eigenvalue weighted by Gasteiger charge is -2.30. The van der Waals surface area contributed by atoms with Crippen LogP contribution in [0.15, 0.2) is 22.2 Å². The van der Waals surface area contributed by atoms with Gasteiger partial charge in [0.25, 0.3) is 0 Å². The van der Waals surface area contributed by atoms with E-state index in [4.69, 9.17) is 0 Å². The van der Waals surface area contributed by atoms with Gasteiger partial charge in [0.2, 0.25) is 5.91 Å². The van der Waals surface area contributed by atoms with Crippen molar-refractivity contribution in [3.05, 3.63) is 27.9 Å². The van der Waals surface area contributed by atoms with Crippen LogP contribution in [0.4, 0.5) is 0 Å². The summed E-state index contributed by atoms with van der Waals surface area (Å²) in [7, 11) is 0. The average Bonchev–Trinajstić information content (AvgIpc) is 3.15. The Bertz CT molecular complexity index is 566. The molecule has 2 heterocycles. The average molecular weight is 324 g/mol. The van der Waals surface area contributed by atoms with E-state index in [1.807, 2.05) is 36.1 Å². The van der Waals surface area contributed by atoms with Crippen molar-refractivity contribution in [2.45, 2.75) is 38.6 Å². The van der Waals surface area contributed by atoms with Gasteiger partial charge in [-0.3, -0.25) is 4.79 Å². The predicted molar refractivity (Wildman–Crippen MR) is 87.7 cm³/mol. The van der Waals surface area contributed by atoms with Gasteiger partial charge >= 0.3 is 0 Å². The number of nitrogens with zero attached hydrogens (tertiary/aromatic N) is 1. The molecule has 0 aliphatic heterocycles. The van der Waals surface area contributed by atoms with E-state index < -0.39 is 5.54 Å². The van der Waals surface area contributed by atoms with Crippen LogP contribution in [0.1, 0.15) is 32.4 Å². The first kappa shape index (κ1) is 16.1. The Morgan fingerprint density at radius 1 is 1.38 bits per heavy atom.